The van der Waals surface area contributed by atoms with E-state index >= 15 is 0 Å². The van der Waals surface area contributed by atoms with Gasteiger partial charge in [-0.2, -0.15) is 0 Å². The summed E-state index contributed by atoms with van der Waals surface area (Å²) in [7, 11) is 0. The molecule has 3 rings (SSSR count). The van der Waals surface area contributed by atoms with Crippen molar-refractivity contribution >= 4 is 22.6 Å². The van der Waals surface area contributed by atoms with Crippen molar-refractivity contribution < 1.29 is 4.74 Å². The quantitative estimate of drug-likeness (QED) is 0.634. The minimum Gasteiger partial charge on any atom is -0.492 e. The largest absolute Gasteiger partial charge is 0.492 e. The third-order valence-electron chi connectivity index (χ3n) is 4.01. The van der Waals surface area contributed by atoms with E-state index < -0.39 is 0 Å². The maximum absolute atomic E-state index is 6.33. The zero-order valence-corrected chi connectivity index (χ0v) is 15.4. The number of halogens is 1. The van der Waals surface area contributed by atoms with E-state index in [0.717, 1.165) is 28.8 Å². The number of nitrogens with zero attached hydrogens (tertiary/aromatic N) is 1. The van der Waals surface area contributed by atoms with Crippen LogP contribution in [0, 0.1) is 0 Å². The Bertz CT molecular complexity index is 862. The minimum atomic E-state index is 0.112. The van der Waals surface area contributed by atoms with E-state index in [2.05, 4.69) is 55.9 Å². The molecule has 126 valence electrons. The molecular weight excluding hydrogens is 320 g/mol. The van der Waals surface area contributed by atoms with Gasteiger partial charge in [-0.3, -0.25) is 0 Å². The summed E-state index contributed by atoms with van der Waals surface area (Å²) >= 11 is 6.33. The Morgan fingerprint density at radius 3 is 2.58 bits per heavy atom. The molecule has 3 nitrogen and oxygen atoms in total. The Morgan fingerprint density at radius 2 is 1.92 bits per heavy atom. The molecule has 1 heterocycles. The number of aromatic nitrogens is 2. The molecule has 0 bridgehead atoms. The average molecular weight is 343 g/mol. The number of nitrogens with one attached hydrogen (secondary N) is 1. The summed E-state index contributed by atoms with van der Waals surface area (Å²) in [6, 6.07) is 12.2. The molecule has 24 heavy (non-hydrogen) atoms. The van der Waals surface area contributed by atoms with Crippen LogP contribution >= 0.6 is 11.6 Å². The van der Waals surface area contributed by atoms with Crippen molar-refractivity contribution in [1.82, 2.24) is 9.97 Å². The molecule has 0 amide bonds. The van der Waals surface area contributed by atoms with Gasteiger partial charge in [0.25, 0.3) is 0 Å². The highest BCUT2D eigenvalue weighted by Gasteiger charge is 2.15. The first-order valence-electron chi connectivity index (χ1n) is 8.31. The molecule has 0 saturated heterocycles. The molecule has 0 atom stereocenters. The Morgan fingerprint density at radius 1 is 1.12 bits per heavy atom. The molecule has 4 heteroatoms. The van der Waals surface area contributed by atoms with E-state index in [4.69, 9.17) is 16.3 Å². The van der Waals surface area contributed by atoms with Crippen molar-refractivity contribution in [3.8, 4) is 17.1 Å². The number of imidazole rings is 1. The first-order valence-corrected chi connectivity index (χ1v) is 8.69. The molecule has 3 aromatic rings. The average Bonchev–Trinajstić information content (AvgIpc) is 2.96. The molecule has 0 unspecified atom stereocenters. The lowest BCUT2D eigenvalue weighted by Crippen LogP contribution is -2.10. The van der Waals surface area contributed by atoms with E-state index in [-0.39, 0.29) is 5.41 Å². The van der Waals surface area contributed by atoms with Crippen molar-refractivity contribution in [2.45, 2.75) is 39.5 Å². The number of H-pyrrole nitrogens is 1. The maximum Gasteiger partial charge on any atom is 0.138 e. The third-order valence-corrected chi connectivity index (χ3v) is 4.31. The van der Waals surface area contributed by atoms with E-state index in [0.29, 0.717) is 17.4 Å². The molecule has 0 spiro atoms. The van der Waals surface area contributed by atoms with Gasteiger partial charge in [-0.1, -0.05) is 45.4 Å². The summed E-state index contributed by atoms with van der Waals surface area (Å²) in [6.45, 7) is 9.36. The zero-order valence-electron chi connectivity index (χ0n) is 14.6. The molecule has 0 aliphatic rings. The van der Waals surface area contributed by atoms with Crippen LogP contribution in [-0.2, 0) is 5.41 Å². The lowest BCUT2D eigenvalue weighted by atomic mass is 9.87. The van der Waals surface area contributed by atoms with Crippen LogP contribution in [0.1, 0.15) is 39.7 Å². The van der Waals surface area contributed by atoms with Gasteiger partial charge in [0.15, 0.2) is 0 Å². The van der Waals surface area contributed by atoms with E-state index in [1.165, 1.54) is 5.56 Å². The summed E-state index contributed by atoms with van der Waals surface area (Å²) in [4.78, 5) is 8.09. The predicted molar refractivity (Wildman–Crippen MR) is 101 cm³/mol. The zero-order chi connectivity index (χ0) is 17.3. The maximum atomic E-state index is 6.33. The molecule has 1 N–H and O–H groups in total. The van der Waals surface area contributed by atoms with Crippen LogP contribution < -0.4 is 4.74 Å². The van der Waals surface area contributed by atoms with Crippen LogP contribution in [0.2, 0.25) is 5.02 Å². The second-order valence-electron chi connectivity index (χ2n) is 7.06. The number of hydrogen-bond acceptors (Lipinski definition) is 2. The van der Waals surface area contributed by atoms with Crippen molar-refractivity contribution in [3.63, 3.8) is 0 Å². The molecule has 0 saturated carbocycles. The third kappa shape index (κ3) is 3.41. The first-order chi connectivity index (χ1) is 11.4. The smallest absolute Gasteiger partial charge is 0.138 e. The minimum absolute atomic E-state index is 0.112. The van der Waals surface area contributed by atoms with Gasteiger partial charge in [0.05, 0.1) is 22.7 Å². The number of fused-ring (bicyclic) bond motifs is 1. The topological polar surface area (TPSA) is 37.9 Å². The number of rotatable bonds is 4. The monoisotopic (exact) mass is 342 g/mol. The van der Waals surface area contributed by atoms with Crippen LogP contribution in [0.3, 0.4) is 0 Å². The molecule has 0 aliphatic heterocycles. The van der Waals surface area contributed by atoms with Gasteiger partial charge in [0.2, 0.25) is 0 Å². The molecule has 0 aliphatic carbocycles. The Balaban J connectivity index is 1.96. The fraction of sp³-hybridized carbons (Fsp3) is 0.350. The summed E-state index contributed by atoms with van der Waals surface area (Å²) in [6.07, 6.45) is 0.956. The van der Waals surface area contributed by atoms with E-state index in [9.17, 15) is 0 Å². The Labute approximate surface area is 148 Å². The number of hydrogen-bond donors (Lipinski definition) is 1. The van der Waals surface area contributed by atoms with Crippen molar-refractivity contribution in [1.29, 1.82) is 0 Å². The number of aromatic amines is 1. The Kier molecular flexibility index (Phi) is 4.55. The standard InChI is InChI=1S/C20H23ClN2O/c1-5-10-24-18-9-6-13(11-15(18)21)19-22-16-8-7-14(20(2,3)4)12-17(16)23-19/h6-9,11-12H,5,10H2,1-4H3,(H,22,23). The van der Waals surface area contributed by atoms with Crippen LogP contribution in [0.5, 0.6) is 5.75 Å². The van der Waals surface area contributed by atoms with Gasteiger partial charge >= 0.3 is 0 Å². The molecule has 1 aromatic heterocycles. The number of benzene rings is 2. The van der Waals surface area contributed by atoms with Crippen molar-refractivity contribution in [3.05, 3.63) is 47.0 Å². The van der Waals surface area contributed by atoms with Gasteiger partial charge in [-0.25, -0.2) is 4.98 Å². The SMILES string of the molecule is CCCOc1ccc(-c2nc3ccc(C(C)(C)C)cc3[nH]2)cc1Cl. The highest BCUT2D eigenvalue weighted by atomic mass is 35.5. The molecule has 2 aromatic carbocycles. The van der Waals surface area contributed by atoms with E-state index in [1.807, 2.05) is 18.2 Å². The summed E-state index contributed by atoms with van der Waals surface area (Å²) < 4.78 is 5.63. The lowest BCUT2D eigenvalue weighted by molar-refractivity contribution is 0.317. The van der Waals surface area contributed by atoms with Crippen LogP contribution in [0.15, 0.2) is 36.4 Å². The second kappa shape index (κ2) is 6.48. The van der Waals surface area contributed by atoms with Gasteiger partial charge < -0.3 is 9.72 Å². The fourth-order valence-electron chi connectivity index (χ4n) is 2.59. The summed E-state index contributed by atoms with van der Waals surface area (Å²) in [5.74, 6) is 1.54. The summed E-state index contributed by atoms with van der Waals surface area (Å²) in [5.41, 5.74) is 4.35. The molecular formula is C20H23ClN2O. The second-order valence-corrected chi connectivity index (χ2v) is 7.47. The van der Waals surface area contributed by atoms with Crippen LogP contribution in [0.4, 0.5) is 0 Å². The fourth-order valence-corrected chi connectivity index (χ4v) is 2.83. The van der Waals surface area contributed by atoms with Gasteiger partial charge in [-0.15, -0.1) is 0 Å². The van der Waals surface area contributed by atoms with Gasteiger partial charge in [0.1, 0.15) is 11.6 Å². The lowest BCUT2D eigenvalue weighted by Gasteiger charge is -2.18. The van der Waals surface area contributed by atoms with Gasteiger partial charge in [0, 0.05) is 5.56 Å². The highest BCUT2D eigenvalue weighted by molar-refractivity contribution is 6.32. The van der Waals surface area contributed by atoms with E-state index in [1.54, 1.807) is 0 Å². The molecule has 0 fully saturated rings. The predicted octanol–water partition coefficient (Wildman–Crippen LogP) is 5.97. The highest BCUT2D eigenvalue weighted by Crippen LogP contribution is 2.31. The van der Waals surface area contributed by atoms with Crippen LogP contribution in [-0.4, -0.2) is 16.6 Å². The normalized spacial score (nSPS) is 11.9. The molecule has 0 radical (unpaired) electrons. The van der Waals surface area contributed by atoms with Crippen LogP contribution in [0.25, 0.3) is 22.4 Å². The van der Waals surface area contributed by atoms with Crippen molar-refractivity contribution in [2.75, 3.05) is 6.61 Å². The van der Waals surface area contributed by atoms with Gasteiger partial charge in [-0.05, 0) is 47.7 Å². The summed E-state index contributed by atoms with van der Waals surface area (Å²) in [5, 5.41) is 0.608. The first kappa shape index (κ1) is 16.8. The Hall–Kier alpha value is -2.00. The number of ether oxygens (including phenoxy) is 1. The van der Waals surface area contributed by atoms with Crippen molar-refractivity contribution in [2.24, 2.45) is 0 Å².